The Morgan fingerprint density at radius 1 is 1.02 bits per heavy atom. The number of aryl methyl sites for hydroxylation is 1. The van der Waals surface area contributed by atoms with Gasteiger partial charge in [-0.1, -0.05) is 48.5 Å². The molecule has 40 heavy (non-hydrogen) atoms. The van der Waals surface area contributed by atoms with Gasteiger partial charge >= 0.3 is 0 Å². The summed E-state index contributed by atoms with van der Waals surface area (Å²) in [5.74, 6) is -0.431. The standard InChI is InChI=1S/C29H25FN6O4/c1-2-19-13-21(26(38)14-25(19)37)28-29(20-11-12-27(32-16-20)31-15-18-7-4-3-5-8-18)35(34-33-28)17-22-23(30)9-6-10-24(22)36(39)40/h3-14,16,37-38H,2,15,17H2,1H3,(H,31,32). The predicted molar refractivity (Wildman–Crippen MR) is 147 cm³/mol. The SMILES string of the molecule is CCc1cc(-c2nnn(Cc3c(F)cccc3[N+](=O)[O-])c2-c2ccc(NCc3ccccc3)nc2)c(O)cc1O. The number of rotatable bonds is 9. The fraction of sp³-hybridized carbons (Fsp3) is 0.138. The van der Waals surface area contributed by atoms with Crippen LogP contribution < -0.4 is 5.32 Å². The van der Waals surface area contributed by atoms with Gasteiger partial charge in [-0.3, -0.25) is 10.1 Å². The Hall–Kier alpha value is -5.32. The summed E-state index contributed by atoms with van der Waals surface area (Å²) < 4.78 is 16.1. The van der Waals surface area contributed by atoms with Crippen molar-refractivity contribution in [1.29, 1.82) is 0 Å². The van der Waals surface area contributed by atoms with Crippen molar-refractivity contribution in [1.82, 2.24) is 20.0 Å². The molecule has 0 spiro atoms. The summed E-state index contributed by atoms with van der Waals surface area (Å²) in [5.41, 5.74) is 2.56. The van der Waals surface area contributed by atoms with Gasteiger partial charge in [0.25, 0.3) is 5.69 Å². The average molecular weight is 541 g/mol. The monoisotopic (exact) mass is 540 g/mol. The van der Waals surface area contributed by atoms with Gasteiger partial charge in [0.2, 0.25) is 0 Å². The molecule has 5 aromatic rings. The second kappa shape index (κ2) is 11.2. The van der Waals surface area contributed by atoms with E-state index in [1.54, 1.807) is 24.4 Å². The zero-order chi connectivity index (χ0) is 28.2. The maximum absolute atomic E-state index is 14.8. The Morgan fingerprint density at radius 2 is 1.82 bits per heavy atom. The number of nitrogens with one attached hydrogen (secondary N) is 1. The molecule has 3 aromatic carbocycles. The molecule has 3 N–H and O–H groups in total. The lowest BCUT2D eigenvalue weighted by molar-refractivity contribution is -0.385. The summed E-state index contributed by atoms with van der Waals surface area (Å²) in [6.45, 7) is 2.13. The molecule has 0 bridgehead atoms. The maximum Gasteiger partial charge on any atom is 0.277 e. The highest BCUT2D eigenvalue weighted by Gasteiger charge is 2.25. The summed E-state index contributed by atoms with van der Waals surface area (Å²) in [5, 5.41) is 44.2. The van der Waals surface area contributed by atoms with Gasteiger partial charge in [0.1, 0.15) is 28.8 Å². The van der Waals surface area contributed by atoms with Crippen LogP contribution in [0.4, 0.5) is 15.9 Å². The number of anilines is 1. The number of phenols is 2. The molecule has 5 rings (SSSR count). The van der Waals surface area contributed by atoms with E-state index in [0.717, 1.165) is 11.6 Å². The lowest BCUT2D eigenvalue weighted by Gasteiger charge is -2.12. The van der Waals surface area contributed by atoms with Crippen LogP contribution in [0.5, 0.6) is 11.5 Å². The number of phenolic OH excluding ortho intramolecular Hbond substituents is 2. The van der Waals surface area contributed by atoms with E-state index in [4.69, 9.17) is 0 Å². The number of hydrogen-bond donors (Lipinski definition) is 3. The van der Waals surface area contributed by atoms with Crippen LogP contribution >= 0.6 is 0 Å². The minimum Gasteiger partial charge on any atom is -0.508 e. The van der Waals surface area contributed by atoms with Crippen molar-refractivity contribution in [3.63, 3.8) is 0 Å². The van der Waals surface area contributed by atoms with Crippen molar-refractivity contribution in [2.75, 3.05) is 5.32 Å². The Kier molecular flexibility index (Phi) is 7.36. The number of aromatic nitrogens is 4. The molecule has 0 saturated heterocycles. The molecule has 11 heteroatoms. The minimum absolute atomic E-state index is 0.0600. The number of benzene rings is 3. The van der Waals surface area contributed by atoms with Crippen LogP contribution in [-0.2, 0) is 19.5 Å². The molecule has 0 saturated carbocycles. The largest absolute Gasteiger partial charge is 0.508 e. The van der Waals surface area contributed by atoms with Crippen molar-refractivity contribution in [2.45, 2.75) is 26.4 Å². The molecule has 0 radical (unpaired) electrons. The third-order valence-corrected chi connectivity index (χ3v) is 6.52. The van der Waals surface area contributed by atoms with E-state index in [9.17, 15) is 24.7 Å². The van der Waals surface area contributed by atoms with E-state index < -0.39 is 10.7 Å². The Bertz CT molecular complexity index is 1670. The van der Waals surface area contributed by atoms with Crippen LogP contribution in [0.3, 0.4) is 0 Å². The van der Waals surface area contributed by atoms with E-state index >= 15 is 0 Å². The number of hydrogen-bond acceptors (Lipinski definition) is 8. The summed E-state index contributed by atoms with van der Waals surface area (Å²) in [4.78, 5) is 15.5. The molecule has 2 aromatic heterocycles. The highest BCUT2D eigenvalue weighted by atomic mass is 19.1. The normalized spacial score (nSPS) is 10.9. The first kappa shape index (κ1) is 26.3. The molecule has 0 aliphatic heterocycles. The minimum atomic E-state index is -0.753. The Morgan fingerprint density at radius 3 is 2.52 bits per heavy atom. The molecule has 0 aliphatic carbocycles. The number of aromatic hydroxyl groups is 2. The third kappa shape index (κ3) is 5.30. The fourth-order valence-corrected chi connectivity index (χ4v) is 4.44. The van der Waals surface area contributed by atoms with Crippen molar-refractivity contribution >= 4 is 11.5 Å². The zero-order valence-electron chi connectivity index (χ0n) is 21.5. The van der Waals surface area contributed by atoms with Gasteiger partial charge in [0.15, 0.2) is 0 Å². The lowest BCUT2D eigenvalue weighted by Crippen LogP contribution is -2.09. The molecular weight excluding hydrogens is 515 g/mol. The second-order valence-corrected chi connectivity index (χ2v) is 9.06. The Labute approximate surface area is 228 Å². The van der Waals surface area contributed by atoms with Crippen LogP contribution in [0.2, 0.25) is 0 Å². The van der Waals surface area contributed by atoms with Crippen LogP contribution in [0.15, 0.2) is 79.0 Å². The number of nitrogens with zero attached hydrogens (tertiary/aromatic N) is 5. The van der Waals surface area contributed by atoms with Crippen LogP contribution in [-0.4, -0.2) is 35.1 Å². The molecule has 0 amide bonds. The first-order valence-electron chi connectivity index (χ1n) is 12.5. The van der Waals surface area contributed by atoms with Crippen molar-refractivity contribution < 1.29 is 19.5 Å². The highest BCUT2D eigenvalue weighted by molar-refractivity contribution is 5.82. The van der Waals surface area contributed by atoms with Gasteiger partial charge in [0.05, 0.1) is 22.7 Å². The van der Waals surface area contributed by atoms with Gasteiger partial charge < -0.3 is 15.5 Å². The van der Waals surface area contributed by atoms with Crippen LogP contribution in [0.25, 0.3) is 22.5 Å². The molecule has 0 atom stereocenters. The number of pyridine rings is 1. The summed E-state index contributed by atoms with van der Waals surface area (Å²) in [7, 11) is 0. The van der Waals surface area contributed by atoms with E-state index in [0.29, 0.717) is 41.2 Å². The van der Waals surface area contributed by atoms with E-state index in [1.807, 2.05) is 37.3 Å². The van der Waals surface area contributed by atoms with Gasteiger partial charge in [0, 0.05) is 36.0 Å². The quantitative estimate of drug-likeness (QED) is 0.160. The summed E-state index contributed by atoms with van der Waals surface area (Å²) >= 11 is 0. The third-order valence-electron chi connectivity index (χ3n) is 6.52. The number of nitro benzene ring substituents is 1. The smallest absolute Gasteiger partial charge is 0.277 e. The molecule has 0 unspecified atom stereocenters. The number of halogens is 1. The van der Waals surface area contributed by atoms with Crippen LogP contribution in [0.1, 0.15) is 23.6 Å². The molecular formula is C29H25FN6O4. The second-order valence-electron chi connectivity index (χ2n) is 9.06. The van der Waals surface area contributed by atoms with Crippen molar-refractivity contribution in [3.8, 4) is 34.0 Å². The fourth-order valence-electron chi connectivity index (χ4n) is 4.44. The van der Waals surface area contributed by atoms with Gasteiger partial charge in [-0.05, 0) is 41.8 Å². The van der Waals surface area contributed by atoms with Crippen molar-refractivity contribution in [2.24, 2.45) is 0 Å². The Balaban J connectivity index is 1.58. The van der Waals surface area contributed by atoms with E-state index in [-0.39, 0.29) is 35.0 Å². The van der Waals surface area contributed by atoms with Crippen LogP contribution in [0, 0.1) is 15.9 Å². The molecule has 202 valence electrons. The summed E-state index contributed by atoms with van der Waals surface area (Å²) in [6.07, 6.45) is 2.08. The topological polar surface area (TPSA) is 139 Å². The van der Waals surface area contributed by atoms with Gasteiger partial charge in [-0.2, -0.15) is 0 Å². The van der Waals surface area contributed by atoms with Gasteiger partial charge in [-0.15, -0.1) is 5.10 Å². The van der Waals surface area contributed by atoms with E-state index in [2.05, 4.69) is 20.6 Å². The average Bonchev–Trinajstić information content (AvgIpc) is 3.37. The highest BCUT2D eigenvalue weighted by Crippen LogP contribution is 2.39. The summed E-state index contributed by atoms with van der Waals surface area (Å²) in [6, 6.07) is 19.8. The zero-order valence-corrected chi connectivity index (χ0v) is 21.5. The van der Waals surface area contributed by atoms with E-state index in [1.165, 1.54) is 22.9 Å². The predicted octanol–water partition coefficient (Wildman–Crippen LogP) is 5.69. The first-order chi connectivity index (χ1) is 19.4. The first-order valence-corrected chi connectivity index (χ1v) is 12.5. The maximum atomic E-state index is 14.8. The van der Waals surface area contributed by atoms with Crippen molar-refractivity contribution in [3.05, 3.63) is 112 Å². The lowest BCUT2D eigenvalue weighted by atomic mass is 10.0. The molecule has 0 fully saturated rings. The molecule has 2 heterocycles. The van der Waals surface area contributed by atoms with Gasteiger partial charge in [-0.25, -0.2) is 14.1 Å². The molecule has 10 nitrogen and oxygen atoms in total. The molecule has 0 aliphatic rings. The number of nitro groups is 1.